The van der Waals surface area contributed by atoms with Crippen LogP contribution in [0.3, 0.4) is 0 Å². The third kappa shape index (κ3) is 2.92. The van der Waals surface area contributed by atoms with Gasteiger partial charge in [0.25, 0.3) is 0 Å². The number of carbonyl (C=O) groups is 1. The van der Waals surface area contributed by atoms with Gasteiger partial charge in [0.05, 0.1) is 19.1 Å². The number of anilines is 1. The number of carboxylic acids is 1. The molecule has 1 aromatic rings. The molecule has 1 atom stereocenters. The number of hydrogen-bond acceptors (Lipinski definition) is 3. The van der Waals surface area contributed by atoms with Crippen LogP contribution in [0.5, 0.6) is 0 Å². The smallest absolute Gasteiger partial charge is 0.306 e. The van der Waals surface area contributed by atoms with Crippen molar-refractivity contribution in [3.8, 4) is 0 Å². The second kappa shape index (κ2) is 5.84. The maximum Gasteiger partial charge on any atom is 0.306 e. The fraction of sp³-hybridized carbons (Fsp3) is 0.417. The lowest BCUT2D eigenvalue weighted by molar-refractivity contribution is -0.140. The van der Waals surface area contributed by atoms with Crippen LogP contribution >= 0.6 is 0 Å². The van der Waals surface area contributed by atoms with Crippen LogP contribution < -0.4 is 4.90 Å². The molecule has 0 saturated carbocycles. The molecule has 1 unspecified atom stereocenters. The minimum atomic E-state index is -2.23. The molecule has 4 nitrogen and oxygen atoms in total. The monoisotopic (exact) mass is 311 g/mol. The quantitative estimate of drug-likeness (QED) is 0.527. The van der Waals surface area contributed by atoms with Gasteiger partial charge >= 0.3 is 5.97 Å². The molecule has 2 rings (SSSR count). The lowest BCUT2D eigenvalue weighted by atomic mass is 10.1. The molecule has 9 heteroatoms. The zero-order valence-electron chi connectivity index (χ0n) is 10.5. The number of ether oxygens (including phenoxy) is 1. The van der Waals surface area contributed by atoms with Crippen molar-refractivity contribution in [2.24, 2.45) is 0 Å². The Morgan fingerprint density at radius 3 is 2.14 bits per heavy atom. The minimum Gasteiger partial charge on any atom is -0.481 e. The molecule has 1 saturated heterocycles. The number of nitrogens with zero attached hydrogens (tertiary/aromatic N) is 1. The molecule has 0 amide bonds. The van der Waals surface area contributed by atoms with Crippen LogP contribution in [0.2, 0.25) is 0 Å². The van der Waals surface area contributed by atoms with Gasteiger partial charge in [-0.15, -0.1) is 0 Å². The van der Waals surface area contributed by atoms with E-state index in [1.54, 1.807) is 0 Å². The summed E-state index contributed by atoms with van der Waals surface area (Å²) in [6.07, 6.45) is -1.34. The number of benzene rings is 1. The number of aliphatic carboxylic acids is 1. The van der Waals surface area contributed by atoms with Gasteiger partial charge in [0, 0.05) is 13.1 Å². The zero-order chi connectivity index (χ0) is 15.7. The van der Waals surface area contributed by atoms with Crippen LogP contribution in [0, 0.1) is 29.1 Å². The standard InChI is InChI=1S/C12H10F5NO3/c13-7-8(14)10(16)12(11(17)9(7)15)18-1-2-21-5(4-18)3-6(19)20/h5H,1-4H2,(H,19,20). The Morgan fingerprint density at radius 1 is 1.10 bits per heavy atom. The Morgan fingerprint density at radius 2 is 1.62 bits per heavy atom. The summed E-state index contributed by atoms with van der Waals surface area (Å²) in [5.41, 5.74) is -1.06. The number of halogens is 5. The number of carboxylic acid groups (broad SMARTS) is 1. The van der Waals surface area contributed by atoms with E-state index < -0.39 is 53.3 Å². The summed E-state index contributed by atoms with van der Waals surface area (Å²) in [5.74, 6) is -11.4. The summed E-state index contributed by atoms with van der Waals surface area (Å²) in [5, 5.41) is 8.64. The van der Waals surface area contributed by atoms with Crippen LogP contribution in [-0.4, -0.2) is 36.9 Å². The van der Waals surface area contributed by atoms with Crippen molar-refractivity contribution in [1.29, 1.82) is 0 Å². The molecule has 1 aliphatic rings. The first-order valence-corrected chi connectivity index (χ1v) is 5.92. The Balaban J connectivity index is 2.35. The maximum atomic E-state index is 13.7. The number of rotatable bonds is 3. The van der Waals surface area contributed by atoms with Gasteiger partial charge < -0.3 is 14.7 Å². The first-order chi connectivity index (χ1) is 9.82. The van der Waals surface area contributed by atoms with E-state index in [-0.39, 0.29) is 19.7 Å². The summed E-state index contributed by atoms with van der Waals surface area (Å²) >= 11 is 0. The van der Waals surface area contributed by atoms with Gasteiger partial charge in [0.2, 0.25) is 5.82 Å². The van der Waals surface area contributed by atoms with Gasteiger partial charge in [-0.25, -0.2) is 22.0 Å². The third-order valence-electron chi connectivity index (χ3n) is 3.04. The van der Waals surface area contributed by atoms with E-state index in [4.69, 9.17) is 9.84 Å². The van der Waals surface area contributed by atoms with Gasteiger partial charge in [0.1, 0.15) is 5.69 Å². The predicted molar refractivity (Wildman–Crippen MR) is 60.4 cm³/mol. The van der Waals surface area contributed by atoms with Crippen molar-refractivity contribution < 1.29 is 36.6 Å². The molecular formula is C12H10F5NO3. The van der Waals surface area contributed by atoms with E-state index >= 15 is 0 Å². The Hall–Kier alpha value is -1.90. The van der Waals surface area contributed by atoms with Gasteiger partial charge in [0.15, 0.2) is 23.3 Å². The van der Waals surface area contributed by atoms with E-state index in [9.17, 15) is 26.7 Å². The van der Waals surface area contributed by atoms with Crippen molar-refractivity contribution in [3.63, 3.8) is 0 Å². The summed E-state index contributed by atoms with van der Waals surface area (Å²) in [6, 6.07) is 0. The molecule has 1 N–H and O–H groups in total. The molecule has 0 aromatic heterocycles. The largest absolute Gasteiger partial charge is 0.481 e. The van der Waals surface area contributed by atoms with E-state index in [1.807, 2.05) is 0 Å². The van der Waals surface area contributed by atoms with Crippen molar-refractivity contribution >= 4 is 11.7 Å². The van der Waals surface area contributed by atoms with Gasteiger partial charge in [-0.1, -0.05) is 0 Å². The third-order valence-corrected chi connectivity index (χ3v) is 3.04. The van der Waals surface area contributed by atoms with E-state index in [0.717, 1.165) is 4.90 Å². The lowest BCUT2D eigenvalue weighted by Gasteiger charge is -2.34. The van der Waals surface area contributed by atoms with Crippen LogP contribution in [0.1, 0.15) is 6.42 Å². The van der Waals surface area contributed by atoms with Crippen LogP contribution in [0.4, 0.5) is 27.6 Å². The molecule has 0 bridgehead atoms. The van der Waals surface area contributed by atoms with Crippen molar-refractivity contribution in [2.45, 2.75) is 12.5 Å². The molecule has 0 spiro atoms. The topological polar surface area (TPSA) is 49.8 Å². The highest BCUT2D eigenvalue weighted by molar-refractivity contribution is 5.67. The van der Waals surface area contributed by atoms with Gasteiger partial charge in [-0.05, 0) is 0 Å². The Labute approximate surface area is 115 Å². The summed E-state index contributed by atoms with van der Waals surface area (Å²) in [6.45, 7) is -0.490. The molecule has 1 heterocycles. The fourth-order valence-corrected chi connectivity index (χ4v) is 2.11. The zero-order valence-corrected chi connectivity index (χ0v) is 10.5. The van der Waals surface area contributed by atoms with Gasteiger partial charge in [-0.3, -0.25) is 4.79 Å². The highest BCUT2D eigenvalue weighted by Crippen LogP contribution is 2.31. The van der Waals surface area contributed by atoms with Crippen molar-refractivity contribution in [3.05, 3.63) is 29.1 Å². The second-order valence-corrected chi connectivity index (χ2v) is 4.46. The molecule has 0 aliphatic carbocycles. The Bertz CT molecular complexity index is 551. The molecule has 116 valence electrons. The summed E-state index contributed by atoms with van der Waals surface area (Å²) in [7, 11) is 0. The Kier molecular flexibility index (Phi) is 4.31. The average molecular weight is 311 g/mol. The second-order valence-electron chi connectivity index (χ2n) is 4.46. The molecular weight excluding hydrogens is 301 g/mol. The predicted octanol–water partition coefficient (Wildman–Crippen LogP) is 2.06. The van der Waals surface area contributed by atoms with Crippen molar-refractivity contribution in [2.75, 3.05) is 24.6 Å². The summed E-state index contributed by atoms with van der Waals surface area (Å²) in [4.78, 5) is 11.5. The average Bonchev–Trinajstić information content (AvgIpc) is 2.43. The van der Waals surface area contributed by atoms with Gasteiger partial charge in [-0.2, -0.15) is 0 Å². The highest BCUT2D eigenvalue weighted by Gasteiger charge is 2.32. The van der Waals surface area contributed by atoms with Crippen LogP contribution in [-0.2, 0) is 9.53 Å². The molecule has 21 heavy (non-hydrogen) atoms. The highest BCUT2D eigenvalue weighted by atomic mass is 19.2. The normalized spacial score (nSPS) is 18.9. The molecule has 1 fully saturated rings. The number of hydrogen-bond donors (Lipinski definition) is 1. The van der Waals surface area contributed by atoms with Crippen LogP contribution in [0.25, 0.3) is 0 Å². The molecule has 0 radical (unpaired) electrons. The van der Waals surface area contributed by atoms with E-state index in [0.29, 0.717) is 0 Å². The van der Waals surface area contributed by atoms with E-state index in [2.05, 4.69) is 0 Å². The summed E-state index contributed by atoms with van der Waals surface area (Å²) < 4.78 is 71.7. The van der Waals surface area contributed by atoms with Crippen LogP contribution in [0.15, 0.2) is 0 Å². The first kappa shape index (κ1) is 15.5. The maximum absolute atomic E-state index is 13.7. The lowest BCUT2D eigenvalue weighted by Crippen LogP contribution is -2.44. The molecule has 1 aromatic carbocycles. The number of morpholine rings is 1. The minimum absolute atomic E-state index is 0.0859. The van der Waals surface area contributed by atoms with Crippen molar-refractivity contribution in [1.82, 2.24) is 0 Å². The SMILES string of the molecule is O=C(O)CC1CN(c2c(F)c(F)c(F)c(F)c2F)CCO1. The molecule has 1 aliphatic heterocycles. The fourth-order valence-electron chi connectivity index (χ4n) is 2.11. The first-order valence-electron chi connectivity index (χ1n) is 5.92. The van der Waals surface area contributed by atoms with E-state index in [1.165, 1.54) is 0 Å².